The SMILES string of the molecule is NCc1cc(-c2ccccc2F)n(S(=O)(=O)c2cc[nH]c2)c1.O=C(O)/C=C/C(=O)O. The second kappa shape index (κ2) is 9.67. The Morgan fingerprint density at radius 3 is 2.27 bits per heavy atom. The fourth-order valence-electron chi connectivity index (χ4n) is 2.40. The van der Waals surface area contributed by atoms with Crippen molar-refractivity contribution in [1.29, 1.82) is 0 Å². The van der Waals surface area contributed by atoms with Crippen molar-refractivity contribution in [3.05, 3.63) is 78.5 Å². The summed E-state index contributed by atoms with van der Waals surface area (Å²) in [4.78, 5) is 21.9. The molecular formula is C19H18FN3O6S. The lowest BCUT2D eigenvalue weighted by molar-refractivity contribution is -0.134. The van der Waals surface area contributed by atoms with Gasteiger partial charge in [0.25, 0.3) is 10.0 Å². The number of hydrogen-bond acceptors (Lipinski definition) is 5. The Hall–Kier alpha value is -3.70. The zero-order valence-corrected chi connectivity index (χ0v) is 16.2. The molecule has 0 aliphatic rings. The molecule has 0 atom stereocenters. The van der Waals surface area contributed by atoms with Crippen LogP contribution in [-0.4, -0.2) is 39.5 Å². The average Bonchev–Trinajstić information content (AvgIpc) is 3.38. The maximum Gasteiger partial charge on any atom is 0.328 e. The van der Waals surface area contributed by atoms with Crippen LogP contribution in [0.4, 0.5) is 4.39 Å². The summed E-state index contributed by atoms with van der Waals surface area (Å²) in [5.41, 5.74) is 6.67. The third-order valence-electron chi connectivity index (χ3n) is 3.72. The van der Waals surface area contributed by atoms with E-state index < -0.39 is 27.8 Å². The van der Waals surface area contributed by atoms with Gasteiger partial charge in [-0.3, -0.25) is 0 Å². The fraction of sp³-hybridized carbons (Fsp3) is 0.0526. The highest BCUT2D eigenvalue weighted by molar-refractivity contribution is 7.90. The van der Waals surface area contributed by atoms with Gasteiger partial charge in [0.05, 0.1) is 5.69 Å². The van der Waals surface area contributed by atoms with Crippen LogP contribution in [0.15, 0.2) is 72.0 Å². The van der Waals surface area contributed by atoms with Crippen molar-refractivity contribution in [3.63, 3.8) is 0 Å². The Labute approximate surface area is 170 Å². The summed E-state index contributed by atoms with van der Waals surface area (Å²) in [7, 11) is -3.82. The second-order valence-corrected chi connectivity index (χ2v) is 7.59. The van der Waals surface area contributed by atoms with Gasteiger partial charge in [-0.2, -0.15) is 0 Å². The van der Waals surface area contributed by atoms with Crippen molar-refractivity contribution in [2.45, 2.75) is 11.4 Å². The first-order chi connectivity index (χ1) is 14.2. The summed E-state index contributed by atoms with van der Waals surface area (Å²) in [5, 5.41) is 15.6. The van der Waals surface area contributed by atoms with Crippen molar-refractivity contribution in [3.8, 4) is 11.3 Å². The number of carboxylic acids is 2. The topological polar surface area (TPSA) is 155 Å². The van der Waals surface area contributed by atoms with E-state index in [2.05, 4.69) is 4.98 Å². The van der Waals surface area contributed by atoms with Crippen LogP contribution in [0.5, 0.6) is 0 Å². The Balaban J connectivity index is 0.000000343. The quantitative estimate of drug-likeness (QED) is 0.432. The van der Waals surface area contributed by atoms with Gasteiger partial charge in [-0.1, -0.05) is 12.1 Å². The number of halogens is 1. The first kappa shape index (κ1) is 22.6. The molecule has 0 amide bonds. The molecule has 3 rings (SSSR count). The lowest BCUT2D eigenvalue weighted by Gasteiger charge is -2.10. The Morgan fingerprint density at radius 1 is 1.13 bits per heavy atom. The molecule has 0 fully saturated rings. The largest absolute Gasteiger partial charge is 0.478 e. The predicted octanol–water partition coefficient (Wildman–Crippen LogP) is 2.03. The zero-order valence-electron chi connectivity index (χ0n) is 15.4. The number of carboxylic acid groups (broad SMARTS) is 2. The van der Waals surface area contributed by atoms with Crippen LogP contribution in [0.1, 0.15) is 5.56 Å². The van der Waals surface area contributed by atoms with Gasteiger partial charge in [0.2, 0.25) is 0 Å². The van der Waals surface area contributed by atoms with E-state index in [1.165, 1.54) is 36.8 Å². The van der Waals surface area contributed by atoms with Gasteiger partial charge in [-0.25, -0.2) is 26.4 Å². The van der Waals surface area contributed by atoms with E-state index in [9.17, 15) is 22.4 Å². The van der Waals surface area contributed by atoms with E-state index in [1.807, 2.05) is 0 Å². The normalized spacial score (nSPS) is 11.1. The molecule has 0 saturated carbocycles. The van der Waals surface area contributed by atoms with Gasteiger partial charge in [-0.05, 0) is 29.8 Å². The Kier molecular flexibility index (Phi) is 7.28. The van der Waals surface area contributed by atoms with Crippen molar-refractivity contribution in [2.75, 3.05) is 0 Å². The molecular weight excluding hydrogens is 417 g/mol. The standard InChI is InChI=1S/C15H14FN3O2S.C4H4O4/c16-14-4-2-1-3-13(14)15-7-11(8-17)10-19(15)22(20,21)12-5-6-18-9-12;5-3(6)1-2-4(7)8/h1-7,9-10,18H,8,17H2;1-2H,(H,5,6)(H,7,8)/b;2-1+. The minimum atomic E-state index is -3.82. The molecule has 3 aromatic rings. The van der Waals surface area contributed by atoms with Gasteiger partial charge < -0.3 is 20.9 Å². The molecule has 2 heterocycles. The van der Waals surface area contributed by atoms with Gasteiger partial charge in [0.1, 0.15) is 10.7 Å². The van der Waals surface area contributed by atoms with Crippen molar-refractivity contribution in [2.24, 2.45) is 5.73 Å². The number of aliphatic carboxylic acids is 2. The molecule has 1 aromatic carbocycles. The number of carbonyl (C=O) groups is 2. The number of nitrogens with one attached hydrogen (secondary N) is 1. The minimum Gasteiger partial charge on any atom is -0.478 e. The smallest absolute Gasteiger partial charge is 0.328 e. The number of nitrogens with two attached hydrogens (primary N) is 1. The third-order valence-corrected chi connectivity index (χ3v) is 5.39. The van der Waals surface area contributed by atoms with Crippen LogP contribution in [0, 0.1) is 5.82 Å². The van der Waals surface area contributed by atoms with E-state index in [0.29, 0.717) is 17.7 Å². The lowest BCUT2D eigenvalue weighted by Crippen LogP contribution is -2.13. The van der Waals surface area contributed by atoms with Crippen molar-refractivity contribution >= 4 is 22.0 Å². The summed E-state index contributed by atoms with van der Waals surface area (Å²) in [5.74, 6) is -3.01. The molecule has 0 bridgehead atoms. The number of rotatable bonds is 6. The number of nitrogens with zero attached hydrogens (tertiary/aromatic N) is 1. The van der Waals surface area contributed by atoms with Gasteiger partial charge in [-0.15, -0.1) is 0 Å². The fourth-order valence-corrected chi connectivity index (χ4v) is 3.77. The van der Waals surface area contributed by atoms with E-state index in [4.69, 9.17) is 15.9 Å². The molecule has 5 N–H and O–H groups in total. The highest BCUT2D eigenvalue weighted by Gasteiger charge is 2.23. The van der Waals surface area contributed by atoms with Crippen LogP contribution in [0.2, 0.25) is 0 Å². The van der Waals surface area contributed by atoms with Gasteiger partial charge >= 0.3 is 11.9 Å². The molecule has 0 aliphatic heterocycles. The van der Waals surface area contributed by atoms with Gasteiger partial charge in [0, 0.05) is 42.9 Å². The molecule has 0 aliphatic carbocycles. The Bertz CT molecular complexity index is 1150. The molecule has 30 heavy (non-hydrogen) atoms. The lowest BCUT2D eigenvalue weighted by atomic mass is 10.1. The summed E-state index contributed by atoms with van der Waals surface area (Å²) < 4.78 is 40.5. The van der Waals surface area contributed by atoms with E-state index in [0.717, 1.165) is 3.97 Å². The molecule has 9 nitrogen and oxygen atoms in total. The minimum absolute atomic E-state index is 0.101. The maximum atomic E-state index is 14.1. The monoisotopic (exact) mass is 435 g/mol. The number of aromatic amines is 1. The maximum absolute atomic E-state index is 14.1. The van der Waals surface area contributed by atoms with Crippen molar-refractivity contribution < 1.29 is 32.6 Å². The zero-order chi connectivity index (χ0) is 22.3. The number of aromatic nitrogens is 2. The van der Waals surface area contributed by atoms with Crippen molar-refractivity contribution in [1.82, 2.24) is 8.96 Å². The van der Waals surface area contributed by atoms with Crippen LogP contribution in [-0.2, 0) is 26.2 Å². The molecule has 0 spiro atoms. The molecule has 0 unspecified atom stereocenters. The first-order valence-electron chi connectivity index (χ1n) is 8.35. The third kappa shape index (κ3) is 5.43. The number of H-pyrrole nitrogens is 1. The van der Waals surface area contributed by atoms with E-state index >= 15 is 0 Å². The van der Waals surface area contributed by atoms with Gasteiger partial charge in [0.15, 0.2) is 0 Å². The highest BCUT2D eigenvalue weighted by atomic mass is 32.2. The summed E-state index contributed by atoms with van der Waals surface area (Å²) in [6.45, 7) is 0.164. The number of hydrogen-bond donors (Lipinski definition) is 4. The summed E-state index contributed by atoms with van der Waals surface area (Å²) >= 11 is 0. The predicted molar refractivity (Wildman–Crippen MR) is 106 cm³/mol. The van der Waals surface area contributed by atoms with E-state index in [1.54, 1.807) is 18.2 Å². The molecule has 0 radical (unpaired) electrons. The van der Waals surface area contributed by atoms with Crippen LogP contribution >= 0.6 is 0 Å². The van der Waals surface area contributed by atoms with Crippen LogP contribution in [0.25, 0.3) is 11.3 Å². The molecule has 0 saturated heterocycles. The number of benzene rings is 1. The summed E-state index contributed by atoms with van der Waals surface area (Å²) in [6.07, 6.45) is 5.43. The highest BCUT2D eigenvalue weighted by Crippen LogP contribution is 2.28. The van der Waals surface area contributed by atoms with E-state index in [-0.39, 0.29) is 22.7 Å². The summed E-state index contributed by atoms with van der Waals surface area (Å²) in [6, 6.07) is 9.06. The van der Waals surface area contributed by atoms with Crippen LogP contribution in [0.3, 0.4) is 0 Å². The van der Waals surface area contributed by atoms with Crippen LogP contribution < -0.4 is 5.73 Å². The molecule has 2 aromatic heterocycles. The molecule has 11 heteroatoms. The second-order valence-electron chi connectivity index (χ2n) is 5.77. The molecule has 158 valence electrons. The first-order valence-corrected chi connectivity index (χ1v) is 9.79. The Morgan fingerprint density at radius 2 is 1.77 bits per heavy atom. The average molecular weight is 435 g/mol.